The fraction of sp³-hybridized carbons (Fsp3) is 0.284. The minimum absolute atomic E-state index is 0.0152. The van der Waals surface area contributed by atoms with E-state index >= 15 is 0 Å². The summed E-state index contributed by atoms with van der Waals surface area (Å²) in [6.07, 6.45) is -9.09. The number of benzene rings is 8. The number of ether oxygens (including phenoxy) is 11. The van der Waals surface area contributed by atoms with Crippen LogP contribution >= 0.6 is 0 Å². The smallest absolute Gasteiger partial charge is 0.187 e. The van der Waals surface area contributed by atoms with Crippen molar-refractivity contribution >= 4 is 0 Å². The van der Waals surface area contributed by atoms with Gasteiger partial charge in [-0.2, -0.15) is 0 Å². The summed E-state index contributed by atoms with van der Waals surface area (Å²) >= 11 is 0. The molecule has 3 fully saturated rings. The number of fused-ring (bicyclic) bond motifs is 1. The molecule has 400 valence electrons. The van der Waals surface area contributed by atoms with E-state index in [2.05, 4.69) is 36.4 Å². The molecule has 11 heteroatoms. The highest BCUT2D eigenvalue weighted by Crippen LogP contribution is 2.43. The molecule has 3 heterocycles. The molecule has 11 nitrogen and oxygen atoms in total. The molecule has 0 radical (unpaired) electrons. The Labute approximate surface area is 457 Å². The summed E-state index contributed by atoms with van der Waals surface area (Å²) < 4.78 is 77.5. The lowest BCUT2D eigenvalue weighted by Crippen LogP contribution is -2.67. The Balaban J connectivity index is 1.02. The van der Waals surface area contributed by atoms with Crippen molar-refractivity contribution in [2.75, 3.05) is 20.3 Å². The van der Waals surface area contributed by atoms with Gasteiger partial charge in [-0.1, -0.05) is 243 Å². The summed E-state index contributed by atoms with van der Waals surface area (Å²) in [5.74, 6) is 0. The second kappa shape index (κ2) is 26.3. The minimum atomic E-state index is -1.16. The van der Waals surface area contributed by atoms with E-state index < -0.39 is 73.3 Å². The molecular formula is C67H66O11. The van der Waals surface area contributed by atoms with Gasteiger partial charge in [0.15, 0.2) is 18.9 Å². The number of hydrogen-bond acceptors (Lipinski definition) is 11. The van der Waals surface area contributed by atoms with E-state index in [9.17, 15) is 0 Å². The molecule has 8 aromatic rings. The maximum Gasteiger partial charge on any atom is 0.187 e. The lowest BCUT2D eigenvalue weighted by molar-refractivity contribution is -0.400. The Bertz CT molecular complexity index is 2890. The summed E-state index contributed by atoms with van der Waals surface area (Å²) in [7, 11) is 1.60. The maximum atomic E-state index is 7.63. The molecule has 0 N–H and O–H groups in total. The van der Waals surface area contributed by atoms with Crippen molar-refractivity contribution in [1.29, 1.82) is 0 Å². The molecule has 78 heavy (non-hydrogen) atoms. The fourth-order valence-corrected chi connectivity index (χ4v) is 10.7. The Morgan fingerprint density at radius 2 is 0.795 bits per heavy atom. The zero-order valence-electron chi connectivity index (χ0n) is 43.7. The topological polar surface area (TPSA) is 102 Å². The summed E-state index contributed by atoms with van der Waals surface area (Å²) in [5.41, 5.74) is 6.46. The molecule has 0 aromatic heterocycles. The van der Waals surface area contributed by atoms with E-state index in [4.69, 9.17) is 52.1 Å². The van der Waals surface area contributed by atoms with Crippen LogP contribution in [0, 0.1) is 0 Å². The van der Waals surface area contributed by atoms with E-state index in [-0.39, 0.29) is 39.6 Å². The monoisotopic (exact) mass is 1050 g/mol. The van der Waals surface area contributed by atoms with Crippen LogP contribution in [0.2, 0.25) is 0 Å². The van der Waals surface area contributed by atoms with Gasteiger partial charge in [0.1, 0.15) is 54.4 Å². The average Bonchev–Trinajstić information content (AvgIpc) is 3.67. The van der Waals surface area contributed by atoms with Crippen LogP contribution in [0.15, 0.2) is 243 Å². The first-order valence-electron chi connectivity index (χ1n) is 26.9. The van der Waals surface area contributed by atoms with E-state index in [1.165, 1.54) is 0 Å². The zero-order chi connectivity index (χ0) is 52.8. The first-order chi connectivity index (χ1) is 38.6. The molecule has 3 saturated heterocycles. The minimum Gasteiger partial charge on any atom is -0.368 e. The van der Waals surface area contributed by atoms with Crippen molar-refractivity contribution < 1.29 is 52.1 Å². The first-order valence-corrected chi connectivity index (χ1v) is 26.9. The van der Waals surface area contributed by atoms with Crippen molar-refractivity contribution in [2.45, 2.75) is 99.7 Å². The fourth-order valence-electron chi connectivity index (χ4n) is 10.7. The quantitative estimate of drug-likeness (QED) is 0.0607. The first kappa shape index (κ1) is 53.3. The highest BCUT2D eigenvalue weighted by molar-refractivity contribution is 5.47. The Kier molecular flexibility index (Phi) is 18.0. The molecule has 11 rings (SSSR count). The third-order valence-electron chi connectivity index (χ3n) is 14.6. The van der Waals surface area contributed by atoms with Crippen LogP contribution in [0.25, 0.3) is 0 Å². The van der Waals surface area contributed by atoms with Crippen molar-refractivity contribution in [1.82, 2.24) is 0 Å². The Hall–Kier alpha value is -6.68. The van der Waals surface area contributed by atoms with Crippen molar-refractivity contribution in [2.24, 2.45) is 0 Å². The van der Waals surface area contributed by atoms with Gasteiger partial charge in [-0.25, -0.2) is 0 Å². The Morgan fingerprint density at radius 3 is 1.24 bits per heavy atom. The highest BCUT2D eigenvalue weighted by atomic mass is 16.8. The van der Waals surface area contributed by atoms with E-state index in [0.29, 0.717) is 0 Å². The maximum absolute atomic E-state index is 7.63. The molecule has 11 atom stereocenters. The zero-order valence-corrected chi connectivity index (χ0v) is 43.7. The summed E-state index contributed by atoms with van der Waals surface area (Å²) in [4.78, 5) is 0. The molecule has 0 saturated carbocycles. The van der Waals surface area contributed by atoms with Gasteiger partial charge in [0, 0.05) is 12.7 Å². The molecular weight excluding hydrogens is 981 g/mol. The summed E-state index contributed by atoms with van der Waals surface area (Å²) in [6, 6.07) is 81.1. The summed E-state index contributed by atoms with van der Waals surface area (Å²) in [5, 5.41) is 0. The van der Waals surface area contributed by atoms with Gasteiger partial charge in [-0.3, -0.25) is 0 Å². The highest BCUT2D eigenvalue weighted by Gasteiger charge is 2.56. The molecule has 0 aliphatic carbocycles. The second-order valence-corrected chi connectivity index (χ2v) is 19.7. The van der Waals surface area contributed by atoms with E-state index in [1.807, 2.05) is 206 Å². The predicted octanol–water partition coefficient (Wildman–Crippen LogP) is 11.9. The largest absolute Gasteiger partial charge is 0.368 e. The van der Waals surface area contributed by atoms with Gasteiger partial charge in [-0.05, 0) is 38.9 Å². The summed E-state index contributed by atoms with van der Waals surface area (Å²) in [6.45, 7) is 1.18. The van der Waals surface area contributed by atoms with Gasteiger partial charge >= 0.3 is 0 Å². The lowest BCUT2D eigenvalue weighted by Gasteiger charge is -2.51. The van der Waals surface area contributed by atoms with Gasteiger partial charge < -0.3 is 52.1 Å². The van der Waals surface area contributed by atoms with E-state index in [0.717, 1.165) is 44.5 Å². The lowest BCUT2D eigenvalue weighted by atomic mass is 9.80. The number of methoxy groups -OCH3 is 1. The third kappa shape index (κ3) is 12.6. The average molecular weight is 1050 g/mol. The van der Waals surface area contributed by atoms with E-state index in [1.54, 1.807) is 7.11 Å². The Morgan fingerprint density at radius 1 is 0.397 bits per heavy atom. The normalized spacial score (nSPS) is 25.2. The predicted molar refractivity (Wildman–Crippen MR) is 294 cm³/mol. The molecule has 0 spiro atoms. The van der Waals surface area contributed by atoms with Crippen molar-refractivity contribution in [3.8, 4) is 0 Å². The molecule has 3 aliphatic heterocycles. The second-order valence-electron chi connectivity index (χ2n) is 19.7. The van der Waals surface area contributed by atoms with Crippen LogP contribution in [0.5, 0.6) is 0 Å². The van der Waals surface area contributed by atoms with Crippen LogP contribution < -0.4 is 0 Å². The van der Waals surface area contributed by atoms with Gasteiger partial charge in [-0.15, -0.1) is 0 Å². The molecule has 0 unspecified atom stereocenters. The standard InChI is InChI=1S/C67H66O11/c1-68-65-63(61(71-44-50-30-14-4-15-31-50)59-56(75-65)46-73-64(77-59)52-34-18-6-19-35-52)78-66-62(72-45-51-32-16-5-17-33-51)60(70-43-49-28-12-3-13-29-49)58(69-42-48-26-10-2-11-27-48)57(76-66)47-74-67(53-36-20-7-21-37-53,54-38-22-8-23-39-54)55-40-24-9-25-41-55/h2-41,56-66H,42-47H2,1H3/t56-,57-,58-,59-,60+,61+,62-,63-,64-,65+,66-/m1/s1. The van der Waals surface area contributed by atoms with Gasteiger partial charge in [0.25, 0.3) is 0 Å². The number of rotatable bonds is 22. The molecule has 3 aliphatic rings. The third-order valence-corrected chi connectivity index (χ3v) is 14.6. The van der Waals surface area contributed by atoms with Gasteiger partial charge in [0.05, 0.1) is 39.6 Å². The SMILES string of the molecule is CO[C@H]1O[C@@H]2CO[C@@H](c3ccccc3)O[C@H]2[C@H](OCc2ccccc2)[C@H]1O[C@H]1O[C@H](COC(c2ccccc2)(c2ccccc2)c2ccccc2)[C@@H](OCc2ccccc2)[C@H](OCc2ccccc2)[C@H]1OCc1ccccc1. The number of hydrogen-bond donors (Lipinski definition) is 0. The van der Waals surface area contributed by atoms with Crippen LogP contribution in [0.4, 0.5) is 0 Å². The van der Waals surface area contributed by atoms with Crippen LogP contribution in [0.1, 0.15) is 50.8 Å². The van der Waals surface area contributed by atoms with Gasteiger partial charge in [0.2, 0.25) is 0 Å². The molecule has 0 amide bonds. The molecule has 0 bridgehead atoms. The van der Waals surface area contributed by atoms with Crippen LogP contribution in [-0.2, 0) is 84.1 Å². The van der Waals surface area contributed by atoms with Crippen molar-refractivity contribution in [3.63, 3.8) is 0 Å². The van der Waals surface area contributed by atoms with Crippen LogP contribution in [-0.4, -0.2) is 81.7 Å². The van der Waals surface area contributed by atoms with Crippen LogP contribution in [0.3, 0.4) is 0 Å². The molecule has 8 aromatic carbocycles. The van der Waals surface area contributed by atoms with Crippen molar-refractivity contribution in [3.05, 3.63) is 287 Å².